The van der Waals surface area contributed by atoms with Crippen LogP contribution in [0.15, 0.2) is 60.7 Å². The van der Waals surface area contributed by atoms with Gasteiger partial charge in [-0.05, 0) is 30.7 Å². The van der Waals surface area contributed by atoms with Gasteiger partial charge < -0.3 is 4.74 Å². The molecule has 0 N–H and O–H groups in total. The molecule has 144 valence electrons. The Morgan fingerprint density at radius 3 is 2.34 bits per heavy atom. The van der Waals surface area contributed by atoms with Crippen molar-refractivity contribution >= 4 is 28.3 Å². The zero-order chi connectivity index (χ0) is 20.6. The number of fused-ring (bicyclic) bond motifs is 5. The number of hydrogen-bond acceptors (Lipinski definition) is 4. The van der Waals surface area contributed by atoms with Crippen LogP contribution in [0.5, 0.6) is 5.75 Å². The molecule has 3 aromatic carbocycles. The molecule has 2 aliphatic rings. The van der Waals surface area contributed by atoms with Crippen LogP contribution in [0.2, 0.25) is 0 Å². The third kappa shape index (κ3) is 2.01. The Balaban J connectivity index is 1.77. The van der Waals surface area contributed by atoms with Crippen molar-refractivity contribution in [2.24, 2.45) is 10.8 Å². The van der Waals surface area contributed by atoms with Gasteiger partial charge in [-0.25, -0.2) is 0 Å². The van der Waals surface area contributed by atoms with Gasteiger partial charge in [-0.3, -0.25) is 14.4 Å². The number of esters is 1. The third-order valence-electron chi connectivity index (χ3n) is 6.83. The van der Waals surface area contributed by atoms with Crippen molar-refractivity contribution in [3.05, 3.63) is 77.4 Å². The van der Waals surface area contributed by atoms with Crippen LogP contribution in [0, 0.1) is 17.8 Å². The highest BCUT2D eigenvalue weighted by atomic mass is 16.5. The average Bonchev–Trinajstić information content (AvgIpc) is 3.31. The van der Waals surface area contributed by atoms with E-state index < -0.39 is 22.7 Å². The lowest BCUT2D eigenvalue weighted by atomic mass is 9.84. The first-order valence-corrected chi connectivity index (χ1v) is 9.70. The second-order valence-corrected chi connectivity index (χ2v) is 8.28. The van der Waals surface area contributed by atoms with E-state index in [2.05, 4.69) is 0 Å². The van der Waals surface area contributed by atoms with Gasteiger partial charge in [0, 0.05) is 17.0 Å². The summed E-state index contributed by atoms with van der Waals surface area (Å²) in [7, 11) is 0. The molecular weight excluding hydrogens is 364 g/mol. The summed E-state index contributed by atoms with van der Waals surface area (Å²) in [4.78, 5) is 39.6. The van der Waals surface area contributed by atoms with Crippen LogP contribution in [-0.2, 0) is 9.59 Å². The van der Waals surface area contributed by atoms with Crippen molar-refractivity contribution in [1.82, 2.24) is 0 Å². The summed E-state index contributed by atoms with van der Waals surface area (Å²) in [5.41, 5.74) is -0.340. The van der Waals surface area contributed by atoms with Crippen molar-refractivity contribution in [3.8, 4) is 5.75 Å². The molecule has 4 heteroatoms. The van der Waals surface area contributed by atoms with E-state index in [4.69, 9.17) is 4.74 Å². The van der Waals surface area contributed by atoms with Gasteiger partial charge in [-0.1, -0.05) is 67.1 Å². The summed E-state index contributed by atoms with van der Waals surface area (Å²) < 4.78 is 5.65. The van der Waals surface area contributed by atoms with E-state index in [0.29, 0.717) is 11.3 Å². The number of benzene rings is 3. The fourth-order valence-corrected chi connectivity index (χ4v) is 5.32. The maximum Gasteiger partial charge on any atom is 0.326 e. The van der Waals surface area contributed by atoms with E-state index in [1.165, 1.54) is 6.92 Å². The smallest absolute Gasteiger partial charge is 0.326 e. The summed E-state index contributed by atoms with van der Waals surface area (Å²) in [5, 5.41) is 1.90. The molecule has 3 atom stereocenters. The molecule has 1 fully saturated rings. The standard InChI is InChI=1S/C25H20O4/c1-14-8-10-17(11-9-14)22(27)24(3)21-20-18-7-5-4-6-16(18)12-13-19(20)29-23(28)25(21,24)15(2)26/h4-13,21H,1-3H3/t21-,24+,25+/m1/s1. The highest BCUT2D eigenvalue weighted by molar-refractivity contribution is 6.22. The minimum atomic E-state index is -1.48. The predicted octanol–water partition coefficient (Wildman–Crippen LogP) is 4.63. The first-order valence-electron chi connectivity index (χ1n) is 9.70. The van der Waals surface area contributed by atoms with Crippen LogP contribution in [0.1, 0.15) is 41.3 Å². The number of Topliss-reactive ketones (excluding diaryl/α,β-unsaturated/α-hetero) is 2. The number of rotatable bonds is 3. The third-order valence-corrected chi connectivity index (χ3v) is 6.83. The van der Waals surface area contributed by atoms with Crippen LogP contribution in [0.25, 0.3) is 10.8 Å². The summed E-state index contributed by atoms with van der Waals surface area (Å²) in [6, 6.07) is 18.7. The molecular formula is C25H20O4. The van der Waals surface area contributed by atoms with Crippen LogP contribution in [0.3, 0.4) is 0 Å². The second-order valence-electron chi connectivity index (χ2n) is 8.28. The van der Waals surface area contributed by atoms with Crippen molar-refractivity contribution in [3.63, 3.8) is 0 Å². The molecule has 3 aromatic rings. The number of aryl methyl sites for hydroxylation is 1. The fourth-order valence-electron chi connectivity index (χ4n) is 5.32. The monoisotopic (exact) mass is 384 g/mol. The van der Waals surface area contributed by atoms with Gasteiger partial charge in [0.1, 0.15) is 16.9 Å². The van der Waals surface area contributed by atoms with Gasteiger partial charge in [0.05, 0.1) is 5.41 Å². The van der Waals surface area contributed by atoms with Crippen LogP contribution in [-0.4, -0.2) is 17.5 Å². The van der Waals surface area contributed by atoms with Crippen molar-refractivity contribution in [2.75, 3.05) is 0 Å². The first-order chi connectivity index (χ1) is 13.8. The SMILES string of the molecule is CC(=O)[C@@]12C(=O)Oc3ccc4ccccc4c3[C@@H]1[C@@]2(C)C(=O)c1ccc(C)cc1. The van der Waals surface area contributed by atoms with Crippen molar-refractivity contribution in [2.45, 2.75) is 26.7 Å². The molecule has 0 unspecified atom stereocenters. The van der Waals surface area contributed by atoms with Crippen molar-refractivity contribution in [1.29, 1.82) is 0 Å². The molecule has 4 nitrogen and oxygen atoms in total. The van der Waals surface area contributed by atoms with E-state index in [1.54, 1.807) is 25.1 Å². The van der Waals surface area contributed by atoms with Gasteiger partial charge in [0.2, 0.25) is 0 Å². The second kappa shape index (κ2) is 5.63. The first kappa shape index (κ1) is 17.8. The zero-order valence-electron chi connectivity index (χ0n) is 16.5. The Morgan fingerprint density at radius 2 is 1.66 bits per heavy atom. The molecule has 1 saturated carbocycles. The van der Waals surface area contributed by atoms with Crippen molar-refractivity contribution < 1.29 is 19.1 Å². The van der Waals surface area contributed by atoms with E-state index in [-0.39, 0.29) is 11.6 Å². The van der Waals surface area contributed by atoms with E-state index >= 15 is 0 Å². The Hall–Kier alpha value is -3.27. The summed E-state index contributed by atoms with van der Waals surface area (Å²) in [5.74, 6) is -1.25. The quantitative estimate of drug-likeness (QED) is 0.286. The van der Waals surface area contributed by atoms with E-state index in [0.717, 1.165) is 21.9 Å². The Bertz CT molecular complexity index is 1220. The number of carbonyl (C=O) groups excluding carboxylic acids is 3. The number of ether oxygens (including phenoxy) is 1. The molecule has 1 heterocycles. The van der Waals surface area contributed by atoms with E-state index in [9.17, 15) is 14.4 Å². The van der Waals surface area contributed by atoms with Crippen LogP contribution in [0.4, 0.5) is 0 Å². The summed E-state index contributed by atoms with van der Waals surface area (Å²) in [6.45, 7) is 5.07. The zero-order valence-corrected chi connectivity index (χ0v) is 16.5. The van der Waals surface area contributed by atoms with Crippen LogP contribution < -0.4 is 4.74 Å². The molecule has 0 radical (unpaired) electrons. The minimum absolute atomic E-state index is 0.199. The summed E-state index contributed by atoms with van der Waals surface area (Å²) >= 11 is 0. The highest BCUT2D eigenvalue weighted by Crippen LogP contribution is 2.79. The molecule has 0 saturated heterocycles. The lowest BCUT2D eigenvalue weighted by Crippen LogP contribution is -2.37. The van der Waals surface area contributed by atoms with E-state index in [1.807, 2.05) is 49.4 Å². The molecule has 0 aromatic heterocycles. The molecule has 1 aliphatic heterocycles. The Morgan fingerprint density at radius 1 is 0.966 bits per heavy atom. The number of ketones is 2. The van der Waals surface area contributed by atoms with Crippen LogP contribution >= 0.6 is 0 Å². The average molecular weight is 384 g/mol. The van der Waals surface area contributed by atoms with Gasteiger partial charge in [-0.15, -0.1) is 0 Å². The maximum atomic E-state index is 13.6. The largest absolute Gasteiger partial charge is 0.425 e. The summed E-state index contributed by atoms with van der Waals surface area (Å²) in [6.07, 6.45) is 0. The normalized spacial score (nSPS) is 27.0. The molecule has 1 aliphatic carbocycles. The number of carbonyl (C=O) groups is 3. The van der Waals surface area contributed by atoms with Gasteiger partial charge in [0.25, 0.3) is 0 Å². The predicted molar refractivity (Wildman–Crippen MR) is 109 cm³/mol. The minimum Gasteiger partial charge on any atom is -0.425 e. The molecule has 29 heavy (non-hydrogen) atoms. The highest BCUT2D eigenvalue weighted by Gasteiger charge is 2.86. The number of hydrogen-bond donors (Lipinski definition) is 0. The molecule has 5 rings (SSSR count). The Labute approximate surface area is 168 Å². The van der Waals surface area contributed by atoms with Gasteiger partial charge >= 0.3 is 5.97 Å². The lowest BCUT2D eigenvalue weighted by Gasteiger charge is -2.22. The lowest BCUT2D eigenvalue weighted by molar-refractivity contribution is -0.147. The van der Waals surface area contributed by atoms with Gasteiger partial charge in [0.15, 0.2) is 5.78 Å². The maximum absolute atomic E-state index is 13.6. The molecule has 0 bridgehead atoms. The molecule has 0 spiro atoms. The van der Waals surface area contributed by atoms with Gasteiger partial charge in [-0.2, -0.15) is 0 Å². The molecule has 0 amide bonds. The fraction of sp³-hybridized carbons (Fsp3) is 0.240. The topological polar surface area (TPSA) is 60.4 Å². The Kier molecular flexibility index (Phi) is 3.46.